The number of benzene rings is 1. The van der Waals surface area contributed by atoms with Crippen LogP contribution in [0.4, 0.5) is 34.1 Å². The molecule has 0 aromatic heterocycles. The summed E-state index contributed by atoms with van der Waals surface area (Å²) >= 11 is 0. The van der Waals surface area contributed by atoms with Gasteiger partial charge in [-0.05, 0) is 44.0 Å². The molecule has 0 saturated carbocycles. The fraction of sp³-hybridized carbons (Fsp3) is 0.300. The molecule has 1 aliphatic carbocycles. The van der Waals surface area contributed by atoms with Crippen LogP contribution in [0.15, 0.2) is 54.8 Å². The van der Waals surface area contributed by atoms with Gasteiger partial charge in [0.25, 0.3) is 0 Å². The fourth-order valence-electron chi connectivity index (χ4n) is 3.27. The van der Waals surface area contributed by atoms with Crippen molar-refractivity contribution in [3.8, 4) is 0 Å². The van der Waals surface area contributed by atoms with Crippen molar-refractivity contribution < 1.29 is 22.8 Å². The molecule has 1 aliphatic heterocycles. The third-order valence-electron chi connectivity index (χ3n) is 4.58. The maximum atomic E-state index is 13.3. The number of amides is 4. The van der Waals surface area contributed by atoms with Gasteiger partial charge in [-0.1, -0.05) is 18.2 Å². The normalized spacial score (nSPS) is 17.4. The van der Waals surface area contributed by atoms with E-state index in [-0.39, 0.29) is 24.5 Å². The van der Waals surface area contributed by atoms with Crippen LogP contribution in [0.3, 0.4) is 0 Å². The summed E-state index contributed by atoms with van der Waals surface area (Å²) in [5.41, 5.74) is -0.165. The molecule has 0 bridgehead atoms. The number of urea groups is 2. The number of hydrogen-bond acceptors (Lipinski definition) is 2. The molecule has 0 unspecified atom stereocenters. The molecule has 0 atom stereocenters. The average molecular weight is 391 g/mol. The van der Waals surface area contributed by atoms with Crippen molar-refractivity contribution in [1.29, 1.82) is 0 Å². The Labute approximate surface area is 161 Å². The minimum absolute atomic E-state index is 0.0272. The first-order valence-electron chi connectivity index (χ1n) is 8.91. The lowest BCUT2D eigenvalue weighted by atomic mass is 10.1. The Kier molecular flexibility index (Phi) is 5.31. The molecule has 8 heteroatoms. The Bertz CT molecular complexity index is 874. The summed E-state index contributed by atoms with van der Waals surface area (Å²) in [6.45, 7) is 5.42. The standard InChI is InChI=1S/C20H20F3N3O2/c1-3-12-25-18(27)24(4-2)16-11-10-14(20(21,22)23)13-17(16)26(19(25)28)15-8-6-5-7-9-15/h3,6,8-11,13H,1,4-5,7,12H2,2H3. The van der Waals surface area contributed by atoms with Gasteiger partial charge in [0.05, 0.1) is 23.5 Å². The molecular formula is C20H20F3N3O2. The van der Waals surface area contributed by atoms with Gasteiger partial charge in [-0.15, -0.1) is 6.58 Å². The first kappa shape index (κ1) is 19.7. The second kappa shape index (κ2) is 7.53. The number of allylic oxidation sites excluding steroid dienone is 3. The highest BCUT2D eigenvalue weighted by Crippen LogP contribution is 2.41. The molecule has 2 aliphatic rings. The minimum atomic E-state index is -4.57. The Morgan fingerprint density at radius 2 is 1.86 bits per heavy atom. The lowest BCUT2D eigenvalue weighted by Gasteiger charge is -2.28. The zero-order valence-corrected chi connectivity index (χ0v) is 15.4. The summed E-state index contributed by atoms with van der Waals surface area (Å²) in [5.74, 6) is 0. The van der Waals surface area contributed by atoms with E-state index in [4.69, 9.17) is 0 Å². The molecule has 148 valence electrons. The summed E-state index contributed by atoms with van der Waals surface area (Å²) in [6.07, 6.45) is 3.56. The number of fused-ring (bicyclic) bond motifs is 1. The maximum Gasteiger partial charge on any atom is 0.416 e. The van der Waals surface area contributed by atoms with E-state index >= 15 is 0 Å². The molecule has 1 heterocycles. The number of alkyl halides is 3. The number of halogens is 3. The Hall–Kier alpha value is -3.03. The highest BCUT2D eigenvalue weighted by Gasteiger charge is 2.40. The number of hydrogen-bond donors (Lipinski definition) is 0. The molecule has 5 nitrogen and oxygen atoms in total. The summed E-state index contributed by atoms with van der Waals surface area (Å²) < 4.78 is 40.0. The number of imide groups is 1. The number of carbonyl (C=O) groups excluding carboxylic acids is 2. The Balaban J connectivity index is 2.27. The second-order valence-electron chi connectivity index (χ2n) is 6.35. The summed E-state index contributed by atoms with van der Waals surface area (Å²) in [7, 11) is 0. The van der Waals surface area contributed by atoms with Crippen LogP contribution in [0.2, 0.25) is 0 Å². The highest BCUT2D eigenvalue weighted by molar-refractivity contribution is 6.14. The molecule has 3 rings (SSSR count). The van der Waals surface area contributed by atoms with E-state index in [2.05, 4.69) is 6.58 Å². The molecule has 0 radical (unpaired) electrons. The van der Waals surface area contributed by atoms with E-state index < -0.39 is 23.8 Å². The molecule has 0 N–H and O–H groups in total. The lowest BCUT2D eigenvalue weighted by Crippen LogP contribution is -2.48. The fourth-order valence-corrected chi connectivity index (χ4v) is 3.27. The minimum Gasteiger partial charge on any atom is -0.292 e. The summed E-state index contributed by atoms with van der Waals surface area (Å²) in [4.78, 5) is 29.6. The average Bonchev–Trinajstić information content (AvgIpc) is 2.75. The number of nitrogens with zero attached hydrogens (tertiary/aromatic N) is 3. The second-order valence-corrected chi connectivity index (χ2v) is 6.35. The largest absolute Gasteiger partial charge is 0.416 e. The van der Waals surface area contributed by atoms with Crippen LogP contribution in [0.1, 0.15) is 25.3 Å². The van der Waals surface area contributed by atoms with E-state index in [1.165, 1.54) is 21.9 Å². The number of carbonyl (C=O) groups is 2. The van der Waals surface area contributed by atoms with Gasteiger partial charge in [0, 0.05) is 12.2 Å². The molecule has 1 aromatic carbocycles. The van der Waals surface area contributed by atoms with E-state index in [1.807, 2.05) is 6.08 Å². The van der Waals surface area contributed by atoms with Gasteiger partial charge in [-0.2, -0.15) is 13.2 Å². The number of rotatable bonds is 4. The molecule has 0 spiro atoms. The zero-order chi connectivity index (χ0) is 20.5. The van der Waals surface area contributed by atoms with Gasteiger partial charge >= 0.3 is 18.2 Å². The van der Waals surface area contributed by atoms with Gasteiger partial charge in [0.2, 0.25) is 0 Å². The predicted molar refractivity (Wildman–Crippen MR) is 101 cm³/mol. The van der Waals surface area contributed by atoms with Crippen LogP contribution >= 0.6 is 0 Å². The SMILES string of the molecule is C=CCN1C(=O)N(CC)c2ccc(C(F)(F)F)cc2N(C2=CCCC=C2)C1=O. The monoisotopic (exact) mass is 391 g/mol. The van der Waals surface area contributed by atoms with Gasteiger partial charge in [0.15, 0.2) is 0 Å². The van der Waals surface area contributed by atoms with Crippen LogP contribution < -0.4 is 9.80 Å². The van der Waals surface area contributed by atoms with Crippen molar-refractivity contribution in [3.05, 3.63) is 60.3 Å². The highest BCUT2D eigenvalue weighted by atomic mass is 19.4. The molecule has 0 saturated heterocycles. The third-order valence-corrected chi connectivity index (χ3v) is 4.58. The molecular weight excluding hydrogens is 371 g/mol. The van der Waals surface area contributed by atoms with E-state index in [1.54, 1.807) is 19.1 Å². The first-order valence-corrected chi connectivity index (χ1v) is 8.91. The topological polar surface area (TPSA) is 43.9 Å². The zero-order valence-electron chi connectivity index (χ0n) is 15.4. The predicted octanol–water partition coefficient (Wildman–Crippen LogP) is 5.31. The first-order chi connectivity index (χ1) is 13.3. The van der Waals surface area contributed by atoms with Crippen LogP contribution in [0.5, 0.6) is 0 Å². The molecule has 4 amide bonds. The van der Waals surface area contributed by atoms with Crippen molar-refractivity contribution in [1.82, 2.24) is 4.90 Å². The molecule has 0 fully saturated rings. The van der Waals surface area contributed by atoms with Crippen LogP contribution in [-0.2, 0) is 6.18 Å². The Morgan fingerprint density at radius 1 is 1.11 bits per heavy atom. The van der Waals surface area contributed by atoms with Crippen LogP contribution in [0, 0.1) is 0 Å². The maximum absolute atomic E-state index is 13.3. The molecule has 1 aromatic rings. The number of anilines is 2. The summed E-state index contributed by atoms with van der Waals surface area (Å²) in [5, 5.41) is 0. The smallest absolute Gasteiger partial charge is 0.292 e. The summed E-state index contributed by atoms with van der Waals surface area (Å²) in [6, 6.07) is 1.77. The third kappa shape index (κ3) is 3.42. The molecule has 28 heavy (non-hydrogen) atoms. The van der Waals surface area contributed by atoms with Crippen molar-refractivity contribution in [2.75, 3.05) is 22.9 Å². The van der Waals surface area contributed by atoms with Gasteiger partial charge in [-0.3, -0.25) is 9.80 Å². The quantitative estimate of drug-likeness (QED) is 0.653. The van der Waals surface area contributed by atoms with Crippen LogP contribution in [0.25, 0.3) is 0 Å². The van der Waals surface area contributed by atoms with Gasteiger partial charge in [-0.25, -0.2) is 14.5 Å². The van der Waals surface area contributed by atoms with Crippen molar-refractivity contribution >= 4 is 23.4 Å². The van der Waals surface area contributed by atoms with Gasteiger partial charge in [0.1, 0.15) is 0 Å². The van der Waals surface area contributed by atoms with Crippen LogP contribution in [-0.4, -0.2) is 30.1 Å². The lowest BCUT2D eigenvalue weighted by molar-refractivity contribution is -0.137. The van der Waals surface area contributed by atoms with E-state index in [0.29, 0.717) is 12.1 Å². The van der Waals surface area contributed by atoms with Crippen molar-refractivity contribution in [2.45, 2.75) is 25.9 Å². The van der Waals surface area contributed by atoms with E-state index in [9.17, 15) is 22.8 Å². The van der Waals surface area contributed by atoms with Gasteiger partial charge < -0.3 is 0 Å². The van der Waals surface area contributed by atoms with E-state index in [0.717, 1.165) is 23.5 Å². The Morgan fingerprint density at radius 3 is 2.43 bits per heavy atom. The van der Waals surface area contributed by atoms with Crippen molar-refractivity contribution in [2.24, 2.45) is 0 Å². The van der Waals surface area contributed by atoms with Crippen molar-refractivity contribution in [3.63, 3.8) is 0 Å².